The van der Waals surface area contributed by atoms with Crippen molar-refractivity contribution in [1.82, 2.24) is 0 Å². The summed E-state index contributed by atoms with van der Waals surface area (Å²) in [5.41, 5.74) is 2.24. The first-order valence-corrected chi connectivity index (χ1v) is 16.6. The summed E-state index contributed by atoms with van der Waals surface area (Å²) in [6, 6.07) is 13.3. The Morgan fingerprint density at radius 3 is 1.79 bits per heavy atom. The maximum atomic E-state index is 15.4. The van der Waals surface area contributed by atoms with Gasteiger partial charge in [0.2, 0.25) is 0 Å². The lowest BCUT2D eigenvalue weighted by molar-refractivity contribution is 0.156. The van der Waals surface area contributed by atoms with Crippen LogP contribution >= 0.6 is 0 Å². The number of hydrogen-bond donors (Lipinski definition) is 0. The van der Waals surface area contributed by atoms with E-state index in [9.17, 15) is 8.78 Å². The van der Waals surface area contributed by atoms with Crippen molar-refractivity contribution < 1.29 is 17.6 Å². The van der Waals surface area contributed by atoms with Gasteiger partial charge < -0.3 is 0 Å². The van der Waals surface area contributed by atoms with E-state index in [0.29, 0.717) is 34.6 Å². The van der Waals surface area contributed by atoms with Crippen LogP contribution in [0, 0.1) is 41.0 Å². The quantitative estimate of drug-likeness (QED) is 0.118. The molecule has 2 aliphatic carbocycles. The van der Waals surface area contributed by atoms with Gasteiger partial charge >= 0.3 is 0 Å². The van der Waals surface area contributed by atoms with E-state index in [4.69, 9.17) is 0 Å². The third-order valence-corrected chi connectivity index (χ3v) is 10.4. The Balaban J connectivity index is 1.22. The second-order valence-electron chi connectivity index (χ2n) is 13.0. The van der Waals surface area contributed by atoms with Crippen LogP contribution in [0.1, 0.15) is 107 Å². The summed E-state index contributed by atoms with van der Waals surface area (Å²) in [4.78, 5) is 0. The summed E-state index contributed by atoms with van der Waals surface area (Å²) in [6.45, 7) is 5.93. The largest absolute Gasteiger partial charge is 0.203 e. The van der Waals surface area contributed by atoms with Crippen molar-refractivity contribution in [3.8, 4) is 22.3 Å². The van der Waals surface area contributed by atoms with Crippen molar-refractivity contribution in [2.45, 2.75) is 103 Å². The fourth-order valence-electron chi connectivity index (χ4n) is 7.71. The Morgan fingerprint density at radius 1 is 0.651 bits per heavy atom. The molecule has 5 rings (SSSR count). The van der Waals surface area contributed by atoms with E-state index in [1.165, 1.54) is 32.1 Å². The van der Waals surface area contributed by atoms with Crippen LogP contribution in [0.5, 0.6) is 0 Å². The molecule has 0 aromatic heterocycles. The fourth-order valence-corrected chi connectivity index (χ4v) is 7.71. The monoisotopic (exact) mass is 590 g/mol. The zero-order valence-electron chi connectivity index (χ0n) is 25.6. The van der Waals surface area contributed by atoms with Gasteiger partial charge in [0.25, 0.3) is 0 Å². The average Bonchev–Trinajstić information content (AvgIpc) is 3.04. The first-order valence-electron chi connectivity index (χ1n) is 16.6. The van der Waals surface area contributed by atoms with E-state index >= 15 is 8.78 Å². The van der Waals surface area contributed by atoms with Crippen molar-refractivity contribution in [2.75, 3.05) is 0 Å². The van der Waals surface area contributed by atoms with E-state index in [2.05, 4.69) is 13.5 Å². The smallest absolute Gasteiger partial charge is 0.166 e. The van der Waals surface area contributed by atoms with Crippen molar-refractivity contribution in [3.63, 3.8) is 0 Å². The summed E-state index contributed by atoms with van der Waals surface area (Å²) >= 11 is 0. The first kappa shape index (κ1) is 31.5. The van der Waals surface area contributed by atoms with Gasteiger partial charge in [-0.15, -0.1) is 6.58 Å². The minimum atomic E-state index is -0.866. The van der Waals surface area contributed by atoms with Crippen LogP contribution in [0.25, 0.3) is 22.3 Å². The summed E-state index contributed by atoms with van der Waals surface area (Å²) in [5.74, 6) is -0.878. The minimum Gasteiger partial charge on any atom is -0.203 e. The van der Waals surface area contributed by atoms with Crippen molar-refractivity contribution >= 4 is 0 Å². The first-order chi connectivity index (χ1) is 20.9. The molecule has 0 nitrogen and oxygen atoms in total. The molecular formula is C39H46F4. The van der Waals surface area contributed by atoms with Crippen molar-refractivity contribution in [2.24, 2.45) is 17.8 Å². The molecule has 0 saturated heterocycles. The van der Waals surface area contributed by atoms with Gasteiger partial charge in [-0.3, -0.25) is 0 Å². The Labute approximate surface area is 255 Å². The molecule has 3 aromatic rings. The number of benzene rings is 3. The number of allylic oxidation sites excluding steroid dienone is 1. The maximum Gasteiger partial charge on any atom is 0.166 e. The minimum absolute atomic E-state index is 0.0499. The third kappa shape index (κ3) is 7.27. The molecule has 3 aromatic carbocycles. The topological polar surface area (TPSA) is 0 Å². The van der Waals surface area contributed by atoms with Crippen LogP contribution in [-0.2, 0) is 6.42 Å². The van der Waals surface area contributed by atoms with Gasteiger partial charge in [-0.2, -0.15) is 0 Å². The summed E-state index contributed by atoms with van der Waals surface area (Å²) in [5, 5.41) is 0. The van der Waals surface area contributed by atoms with E-state index < -0.39 is 23.3 Å². The van der Waals surface area contributed by atoms with Gasteiger partial charge in [-0.25, -0.2) is 17.6 Å². The van der Waals surface area contributed by atoms with Crippen LogP contribution in [-0.4, -0.2) is 0 Å². The molecule has 0 aliphatic heterocycles. The molecule has 2 saturated carbocycles. The standard InChI is InChI=1S/C39H46F4/c1-3-5-7-9-32-22-23-33(37(41)36(32)40)30-18-20-31(21-19-30)35-25-24-34(38(42)39(35)43)29-16-14-28(15-17-29)27-12-10-26(11-13-27)8-6-4-2/h4,18-29H,2-3,5-17H2,1H3. The molecule has 0 spiro atoms. The number of halogens is 4. The highest BCUT2D eigenvalue weighted by Crippen LogP contribution is 2.45. The fraction of sp³-hybridized carbons (Fsp3) is 0.487. The van der Waals surface area contributed by atoms with Gasteiger partial charge in [-0.1, -0.05) is 87.2 Å². The lowest BCUT2D eigenvalue weighted by Crippen LogP contribution is -2.25. The Kier molecular flexibility index (Phi) is 10.8. The summed E-state index contributed by atoms with van der Waals surface area (Å²) < 4.78 is 60.5. The number of unbranched alkanes of at least 4 members (excludes halogenated alkanes) is 2. The van der Waals surface area contributed by atoms with Gasteiger partial charge in [0.1, 0.15) is 0 Å². The molecule has 2 fully saturated rings. The van der Waals surface area contributed by atoms with Gasteiger partial charge in [-0.05, 0) is 110 Å². The molecule has 4 heteroatoms. The van der Waals surface area contributed by atoms with Gasteiger partial charge in [0.05, 0.1) is 0 Å². The molecule has 0 heterocycles. The highest BCUT2D eigenvalue weighted by atomic mass is 19.2. The number of aryl methyl sites for hydroxylation is 1. The highest BCUT2D eigenvalue weighted by molar-refractivity contribution is 5.71. The molecule has 2 aliphatic rings. The Hall–Kier alpha value is -2.88. The molecule has 43 heavy (non-hydrogen) atoms. The van der Waals surface area contributed by atoms with Crippen LogP contribution < -0.4 is 0 Å². The highest BCUT2D eigenvalue weighted by Gasteiger charge is 2.32. The molecule has 0 bridgehead atoms. The second kappa shape index (κ2) is 14.7. The second-order valence-corrected chi connectivity index (χ2v) is 13.0. The predicted octanol–water partition coefficient (Wildman–Crippen LogP) is 12.4. The predicted molar refractivity (Wildman–Crippen MR) is 170 cm³/mol. The van der Waals surface area contributed by atoms with Crippen LogP contribution in [0.15, 0.2) is 61.2 Å². The van der Waals surface area contributed by atoms with Crippen molar-refractivity contribution in [3.05, 3.63) is 95.6 Å². The van der Waals surface area contributed by atoms with E-state index in [1.807, 2.05) is 6.08 Å². The summed E-state index contributed by atoms with van der Waals surface area (Å²) in [7, 11) is 0. The molecule has 0 atom stereocenters. The Bertz CT molecular complexity index is 1360. The van der Waals surface area contributed by atoms with E-state index in [1.54, 1.807) is 48.5 Å². The molecular weight excluding hydrogens is 544 g/mol. The van der Waals surface area contributed by atoms with Crippen molar-refractivity contribution in [1.29, 1.82) is 0 Å². The number of rotatable bonds is 11. The van der Waals surface area contributed by atoms with Crippen LogP contribution in [0.3, 0.4) is 0 Å². The van der Waals surface area contributed by atoms with Gasteiger partial charge in [0.15, 0.2) is 23.3 Å². The SMILES string of the molecule is C=CCCC1CCC(C2CCC(c3ccc(-c4ccc(-c5ccc(CCCCC)c(F)c5F)cc4)c(F)c3F)CC2)CC1. The van der Waals surface area contributed by atoms with Crippen LogP contribution in [0.4, 0.5) is 17.6 Å². The summed E-state index contributed by atoms with van der Waals surface area (Å²) in [6.07, 6.45) is 17.0. The molecule has 0 unspecified atom stereocenters. The maximum absolute atomic E-state index is 15.4. The lowest BCUT2D eigenvalue weighted by atomic mass is 9.68. The zero-order chi connectivity index (χ0) is 30.3. The average molecular weight is 591 g/mol. The number of hydrogen-bond acceptors (Lipinski definition) is 0. The molecule has 0 radical (unpaired) electrons. The molecule has 230 valence electrons. The van der Waals surface area contributed by atoms with E-state index in [0.717, 1.165) is 63.2 Å². The lowest BCUT2D eigenvalue weighted by Gasteiger charge is -2.38. The van der Waals surface area contributed by atoms with Crippen LogP contribution in [0.2, 0.25) is 0 Å². The molecule has 0 amide bonds. The Morgan fingerprint density at radius 2 is 1.21 bits per heavy atom. The molecule has 0 N–H and O–H groups in total. The van der Waals surface area contributed by atoms with E-state index in [-0.39, 0.29) is 17.0 Å². The normalized spacial score (nSPS) is 22.4. The third-order valence-electron chi connectivity index (χ3n) is 10.4. The zero-order valence-corrected chi connectivity index (χ0v) is 25.6. The van der Waals surface area contributed by atoms with Gasteiger partial charge in [0, 0.05) is 11.1 Å².